The van der Waals surface area contributed by atoms with Gasteiger partial charge in [-0.2, -0.15) is 0 Å². The molecule has 0 spiro atoms. The first kappa shape index (κ1) is 14.5. The van der Waals surface area contributed by atoms with Gasteiger partial charge in [-0.1, -0.05) is 26.2 Å². The second-order valence-electron chi connectivity index (χ2n) is 4.83. The van der Waals surface area contributed by atoms with E-state index in [0.29, 0.717) is 12.5 Å². The zero-order chi connectivity index (χ0) is 12.7. The maximum atomic E-state index is 12.0. The van der Waals surface area contributed by atoms with E-state index >= 15 is 0 Å². The summed E-state index contributed by atoms with van der Waals surface area (Å²) in [6.07, 6.45) is 5.87. The van der Waals surface area contributed by atoms with Gasteiger partial charge in [-0.05, 0) is 18.8 Å². The molecular formula is C13H25NO3. The van der Waals surface area contributed by atoms with Crippen molar-refractivity contribution in [1.82, 2.24) is 5.32 Å². The number of ether oxygens (including phenoxy) is 2. The Morgan fingerprint density at radius 2 is 1.82 bits per heavy atom. The van der Waals surface area contributed by atoms with Gasteiger partial charge in [0.05, 0.1) is 6.54 Å². The predicted octanol–water partition coefficient (Wildman–Crippen LogP) is 1.94. The molecule has 4 heteroatoms. The second kappa shape index (κ2) is 7.67. The van der Waals surface area contributed by atoms with E-state index in [4.69, 9.17) is 9.47 Å². The van der Waals surface area contributed by atoms with Crippen LogP contribution in [0, 0.1) is 11.8 Å². The fraction of sp³-hybridized carbons (Fsp3) is 0.923. The Morgan fingerprint density at radius 3 is 2.35 bits per heavy atom. The van der Waals surface area contributed by atoms with Gasteiger partial charge in [0.1, 0.15) is 0 Å². The van der Waals surface area contributed by atoms with Crippen molar-refractivity contribution in [1.29, 1.82) is 0 Å². The Bertz CT molecular complexity index is 223. The minimum atomic E-state index is -0.350. The van der Waals surface area contributed by atoms with Crippen molar-refractivity contribution in [3.05, 3.63) is 0 Å². The van der Waals surface area contributed by atoms with E-state index in [0.717, 1.165) is 0 Å². The van der Waals surface area contributed by atoms with Crippen molar-refractivity contribution in [3.63, 3.8) is 0 Å². The summed E-state index contributed by atoms with van der Waals surface area (Å²) < 4.78 is 10.1. The Balaban J connectivity index is 2.30. The van der Waals surface area contributed by atoms with E-state index in [2.05, 4.69) is 5.32 Å². The van der Waals surface area contributed by atoms with Crippen LogP contribution in [-0.2, 0) is 14.3 Å². The van der Waals surface area contributed by atoms with Gasteiger partial charge < -0.3 is 14.8 Å². The molecule has 0 aliphatic heterocycles. The van der Waals surface area contributed by atoms with Crippen molar-refractivity contribution in [2.24, 2.45) is 11.8 Å². The fourth-order valence-corrected chi connectivity index (χ4v) is 2.46. The van der Waals surface area contributed by atoms with Crippen molar-refractivity contribution >= 4 is 5.91 Å². The maximum Gasteiger partial charge on any atom is 0.223 e. The molecule has 1 rings (SSSR count). The SMILES string of the molecule is COC(CNC(=O)C(C)C1CCCCC1)OC. The molecule has 1 aliphatic carbocycles. The monoisotopic (exact) mass is 243 g/mol. The topological polar surface area (TPSA) is 47.6 Å². The first-order chi connectivity index (χ1) is 8.19. The summed E-state index contributed by atoms with van der Waals surface area (Å²) in [5.41, 5.74) is 0. The summed E-state index contributed by atoms with van der Waals surface area (Å²) >= 11 is 0. The highest BCUT2D eigenvalue weighted by Gasteiger charge is 2.25. The molecule has 0 bridgehead atoms. The maximum absolute atomic E-state index is 12.0. The quantitative estimate of drug-likeness (QED) is 0.725. The molecule has 0 radical (unpaired) electrons. The number of hydrogen-bond acceptors (Lipinski definition) is 3. The average molecular weight is 243 g/mol. The Labute approximate surface area is 104 Å². The molecule has 1 amide bonds. The van der Waals surface area contributed by atoms with Crippen LogP contribution in [0.2, 0.25) is 0 Å². The van der Waals surface area contributed by atoms with Crippen LogP contribution in [0.25, 0.3) is 0 Å². The van der Waals surface area contributed by atoms with Crippen LogP contribution >= 0.6 is 0 Å². The molecule has 1 saturated carbocycles. The highest BCUT2D eigenvalue weighted by molar-refractivity contribution is 5.78. The lowest BCUT2D eigenvalue weighted by Gasteiger charge is -2.27. The second-order valence-corrected chi connectivity index (χ2v) is 4.83. The van der Waals surface area contributed by atoms with Crippen molar-refractivity contribution in [2.45, 2.75) is 45.3 Å². The highest BCUT2D eigenvalue weighted by Crippen LogP contribution is 2.29. The highest BCUT2D eigenvalue weighted by atomic mass is 16.7. The van der Waals surface area contributed by atoms with E-state index < -0.39 is 0 Å². The molecule has 1 atom stereocenters. The number of carbonyl (C=O) groups excluding carboxylic acids is 1. The van der Waals surface area contributed by atoms with E-state index in [1.807, 2.05) is 6.92 Å². The summed E-state index contributed by atoms with van der Waals surface area (Å²) in [5.74, 6) is 0.771. The van der Waals surface area contributed by atoms with Crippen LogP contribution in [0.3, 0.4) is 0 Å². The number of carbonyl (C=O) groups is 1. The van der Waals surface area contributed by atoms with Crippen molar-refractivity contribution < 1.29 is 14.3 Å². The summed E-state index contributed by atoms with van der Waals surface area (Å²) in [6.45, 7) is 2.45. The first-order valence-electron chi connectivity index (χ1n) is 6.52. The summed E-state index contributed by atoms with van der Waals surface area (Å²) in [5, 5.41) is 2.89. The normalized spacial score (nSPS) is 19.3. The minimum Gasteiger partial charge on any atom is -0.354 e. The minimum absolute atomic E-state index is 0.102. The van der Waals surface area contributed by atoms with Gasteiger partial charge in [-0.3, -0.25) is 4.79 Å². The number of nitrogens with one attached hydrogen (secondary N) is 1. The lowest BCUT2D eigenvalue weighted by Crippen LogP contribution is -2.39. The molecule has 1 unspecified atom stereocenters. The van der Waals surface area contributed by atoms with Gasteiger partial charge >= 0.3 is 0 Å². The predicted molar refractivity (Wildman–Crippen MR) is 66.6 cm³/mol. The molecule has 1 N–H and O–H groups in total. The lowest BCUT2D eigenvalue weighted by atomic mass is 9.80. The summed E-state index contributed by atoms with van der Waals surface area (Å²) in [6, 6.07) is 0. The molecule has 100 valence electrons. The van der Waals surface area contributed by atoms with Crippen molar-refractivity contribution in [2.75, 3.05) is 20.8 Å². The van der Waals surface area contributed by atoms with Gasteiger partial charge in [-0.15, -0.1) is 0 Å². The van der Waals surface area contributed by atoms with Gasteiger partial charge in [0.25, 0.3) is 0 Å². The van der Waals surface area contributed by atoms with Crippen LogP contribution in [0.4, 0.5) is 0 Å². The lowest BCUT2D eigenvalue weighted by molar-refractivity contribution is -0.132. The Hall–Kier alpha value is -0.610. The standard InChI is InChI=1S/C13H25NO3/c1-10(11-7-5-4-6-8-11)13(15)14-9-12(16-2)17-3/h10-12H,4-9H2,1-3H3,(H,14,15). The van der Waals surface area contributed by atoms with Gasteiger partial charge in [0.2, 0.25) is 5.91 Å². The van der Waals surface area contributed by atoms with Crippen LogP contribution in [-0.4, -0.2) is 33.0 Å². The average Bonchev–Trinajstić information content (AvgIpc) is 2.39. The summed E-state index contributed by atoms with van der Waals surface area (Å²) in [4.78, 5) is 12.0. The molecule has 1 fully saturated rings. The van der Waals surface area contributed by atoms with Gasteiger partial charge in [-0.25, -0.2) is 0 Å². The third-order valence-corrected chi connectivity index (χ3v) is 3.74. The molecule has 17 heavy (non-hydrogen) atoms. The molecular weight excluding hydrogens is 218 g/mol. The van der Waals surface area contributed by atoms with E-state index in [-0.39, 0.29) is 18.1 Å². The fourth-order valence-electron chi connectivity index (χ4n) is 2.46. The van der Waals surface area contributed by atoms with Crippen LogP contribution in [0.5, 0.6) is 0 Å². The van der Waals surface area contributed by atoms with E-state index in [9.17, 15) is 4.79 Å². The molecule has 0 aromatic carbocycles. The smallest absolute Gasteiger partial charge is 0.223 e. The Kier molecular flexibility index (Phi) is 6.52. The molecule has 1 aliphatic rings. The van der Waals surface area contributed by atoms with Gasteiger partial charge in [0, 0.05) is 20.1 Å². The third-order valence-electron chi connectivity index (χ3n) is 3.74. The summed E-state index contributed by atoms with van der Waals surface area (Å²) in [7, 11) is 3.15. The number of hydrogen-bond donors (Lipinski definition) is 1. The van der Waals surface area contributed by atoms with Crippen LogP contribution in [0.15, 0.2) is 0 Å². The van der Waals surface area contributed by atoms with E-state index in [1.54, 1.807) is 14.2 Å². The van der Waals surface area contributed by atoms with E-state index in [1.165, 1.54) is 32.1 Å². The molecule has 0 saturated heterocycles. The van der Waals surface area contributed by atoms with Crippen LogP contribution < -0.4 is 5.32 Å². The molecule has 4 nitrogen and oxygen atoms in total. The zero-order valence-corrected chi connectivity index (χ0v) is 11.2. The van der Waals surface area contributed by atoms with Gasteiger partial charge in [0.15, 0.2) is 6.29 Å². The number of rotatable bonds is 6. The first-order valence-corrected chi connectivity index (χ1v) is 6.52. The molecule has 0 aromatic rings. The molecule has 0 aromatic heterocycles. The van der Waals surface area contributed by atoms with Crippen LogP contribution in [0.1, 0.15) is 39.0 Å². The van der Waals surface area contributed by atoms with Crippen molar-refractivity contribution in [3.8, 4) is 0 Å². The number of methoxy groups -OCH3 is 2. The zero-order valence-electron chi connectivity index (χ0n) is 11.2. The third kappa shape index (κ3) is 4.64. The largest absolute Gasteiger partial charge is 0.354 e. The Morgan fingerprint density at radius 1 is 1.24 bits per heavy atom. The number of amides is 1. The molecule has 0 heterocycles.